The second-order valence-electron chi connectivity index (χ2n) is 3.87. The first-order valence-corrected chi connectivity index (χ1v) is 5.37. The van der Waals surface area contributed by atoms with Crippen molar-refractivity contribution in [2.24, 2.45) is 0 Å². The third kappa shape index (κ3) is 7.84. The van der Waals surface area contributed by atoms with Gasteiger partial charge in [-0.3, -0.25) is 24.5 Å². The first kappa shape index (κ1) is 17.0. The molecular weight excluding hydrogens is 260 g/mol. The Morgan fingerprint density at radius 3 is 1.84 bits per heavy atom. The van der Waals surface area contributed by atoms with E-state index in [1.54, 1.807) is 0 Å². The highest BCUT2D eigenvalue weighted by molar-refractivity contribution is 5.81. The number of aliphatic carboxylic acids is 3. The lowest BCUT2D eigenvalue weighted by atomic mass is 10.2. The fourth-order valence-electron chi connectivity index (χ4n) is 1.20. The lowest BCUT2D eigenvalue weighted by molar-refractivity contribution is -0.146. The largest absolute Gasteiger partial charge is 0.481 e. The number of ketones is 1. The van der Waals surface area contributed by atoms with E-state index in [0.29, 0.717) is 0 Å². The molecule has 0 aliphatic rings. The number of rotatable bonds is 10. The molecule has 0 aliphatic heterocycles. The Labute approximate surface area is 108 Å². The van der Waals surface area contributed by atoms with Crippen LogP contribution in [0.2, 0.25) is 0 Å². The fraction of sp³-hybridized carbons (Fsp3) is 0.600. The lowest BCUT2D eigenvalue weighted by Gasteiger charge is -2.17. The van der Waals surface area contributed by atoms with Crippen LogP contribution in [0.25, 0.3) is 0 Å². The number of Topliss-reactive ketones (excluding diaryl/α,β-unsaturated/α-hetero) is 1. The summed E-state index contributed by atoms with van der Waals surface area (Å²) in [4.78, 5) is 42.7. The van der Waals surface area contributed by atoms with Gasteiger partial charge in [0.15, 0.2) is 0 Å². The van der Waals surface area contributed by atoms with Gasteiger partial charge < -0.3 is 20.6 Å². The molecule has 0 spiro atoms. The van der Waals surface area contributed by atoms with Crippen molar-refractivity contribution in [1.82, 2.24) is 10.6 Å². The molecule has 0 aromatic carbocycles. The maximum absolute atomic E-state index is 10.8. The van der Waals surface area contributed by atoms with Gasteiger partial charge in [0.25, 0.3) is 0 Å². The molecule has 0 rings (SSSR count). The second-order valence-corrected chi connectivity index (χ2v) is 3.87. The Balaban J connectivity index is 4.41. The Morgan fingerprint density at radius 1 is 0.947 bits per heavy atom. The topological polar surface area (TPSA) is 153 Å². The van der Waals surface area contributed by atoms with E-state index in [1.165, 1.54) is 6.92 Å². The zero-order chi connectivity index (χ0) is 15.0. The molecule has 2 unspecified atom stereocenters. The summed E-state index contributed by atoms with van der Waals surface area (Å²) in [6, 6.07) is -2.57. The van der Waals surface area contributed by atoms with E-state index in [9.17, 15) is 19.2 Å². The van der Waals surface area contributed by atoms with Gasteiger partial charge >= 0.3 is 17.9 Å². The van der Waals surface area contributed by atoms with Crippen molar-refractivity contribution in [1.29, 1.82) is 0 Å². The van der Waals surface area contributed by atoms with Crippen LogP contribution >= 0.6 is 0 Å². The van der Waals surface area contributed by atoms with Gasteiger partial charge in [0, 0.05) is 6.54 Å². The van der Waals surface area contributed by atoms with Gasteiger partial charge in [-0.2, -0.15) is 0 Å². The highest BCUT2D eigenvalue weighted by Gasteiger charge is 2.24. The quantitative estimate of drug-likeness (QED) is 0.309. The molecule has 0 aromatic heterocycles. The van der Waals surface area contributed by atoms with Crippen LogP contribution in [0.4, 0.5) is 0 Å². The first-order chi connectivity index (χ1) is 8.73. The Morgan fingerprint density at radius 2 is 1.47 bits per heavy atom. The molecule has 0 saturated carbocycles. The molecule has 9 nitrogen and oxygen atoms in total. The van der Waals surface area contributed by atoms with Crippen molar-refractivity contribution >= 4 is 23.7 Å². The number of hydrogen-bond donors (Lipinski definition) is 5. The van der Waals surface area contributed by atoms with Crippen molar-refractivity contribution in [3.8, 4) is 0 Å². The molecule has 0 heterocycles. The van der Waals surface area contributed by atoms with Gasteiger partial charge in [-0.05, 0) is 6.92 Å². The summed E-state index contributed by atoms with van der Waals surface area (Å²) in [7, 11) is 0. The summed E-state index contributed by atoms with van der Waals surface area (Å²) >= 11 is 0. The standard InChI is InChI=1S/C10H16N2O7/c1-5(13)3-11-7(10(18)19)4-12-6(9(16)17)2-8(14)15/h6-7,11-12H,2-4H2,1H3,(H,14,15)(H,16,17)(H,18,19). The summed E-state index contributed by atoms with van der Waals surface area (Å²) in [6.45, 7) is 0.784. The zero-order valence-corrected chi connectivity index (χ0v) is 10.3. The highest BCUT2D eigenvalue weighted by Crippen LogP contribution is 1.94. The van der Waals surface area contributed by atoms with Crippen LogP contribution in [0, 0.1) is 0 Å². The van der Waals surface area contributed by atoms with Crippen LogP contribution in [0.5, 0.6) is 0 Å². The average Bonchev–Trinajstić information content (AvgIpc) is 2.25. The number of carbonyl (C=O) groups excluding carboxylic acids is 1. The Kier molecular flexibility index (Phi) is 7.30. The van der Waals surface area contributed by atoms with E-state index in [2.05, 4.69) is 10.6 Å². The van der Waals surface area contributed by atoms with E-state index in [1.807, 2.05) is 0 Å². The van der Waals surface area contributed by atoms with Gasteiger partial charge in [-0.25, -0.2) is 0 Å². The molecule has 5 N–H and O–H groups in total. The smallest absolute Gasteiger partial charge is 0.322 e. The average molecular weight is 276 g/mol. The molecule has 0 fully saturated rings. The lowest BCUT2D eigenvalue weighted by Crippen LogP contribution is -2.50. The van der Waals surface area contributed by atoms with Crippen LogP contribution in [-0.4, -0.2) is 64.2 Å². The predicted molar refractivity (Wildman–Crippen MR) is 61.8 cm³/mol. The highest BCUT2D eigenvalue weighted by atomic mass is 16.4. The Hall–Kier alpha value is -2.00. The fourth-order valence-corrected chi connectivity index (χ4v) is 1.20. The minimum Gasteiger partial charge on any atom is -0.481 e. The minimum atomic E-state index is -1.39. The normalized spacial score (nSPS) is 13.5. The number of carboxylic acid groups (broad SMARTS) is 3. The second kappa shape index (κ2) is 8.16. The van der Waals surface area contributed by atoms with Crippen LogP contribution in [-0.2, 0) is 19.2 Å². The maximum Gasteiger partial charge on any atom is 0.322 e. The minimum absolute atomic E-state index is 0.171. The molecule has 0 saturated heterocycles. The molecular formula is C10H16N2O7. The predicted octanol–water partition coefficient (Wildman–Crippen LogP) is -1.86. The SMILES string of the molecule is CC(=O)CNC(CNC(CC(=O)O)C(=O)O)C(=O)O. The molecule has 0 aliphatic carbocycles. The molecule has 9 heteroatoms. The number of carboxylic acids is 3. The van der Waals surface area contributed by atoms with Crippen LogP contribution in [0.3, 0.4) is 0 Å². The van der Waals surface area contributed by atoms with E-state index in [-0.39, 0.29) is 18.9 Å². The van der Waals surface area contributed by atoms with Crippen LogP contribution < -0.4 is 10.6 Å². The van der Waals surface area contributed by atoms with Crippen molar-refractivity contribution in [2.75, 3.05) is 13.1 Å². The van der Waals surface area contributed by atoms with Gasteiger partial charge in [0.05, 0.1) is 13.0 Å². The van der Waals surface area contributed by atoms with Gasteiger partial charge in [0.2, 0.25) is 0 Å². The molecule has 0 bridgehead atoms. The van der Waals surface area contributed by atoms with E-state index in [4.69, 9.17) is 15.3 Å². The summed E-state index contributed by atoms with van der Waals surface area (Å²) in [6.07, 6.45) is -0.672. The molecule has 108 valence electrons. The van der Waals surface area contributed by atoms with Gasteiger partial charge in [0.1, 0.15) is 17.9 Å². The molecule has 19 heavy (non-hydrogen) atoms. The van der Waals surface area contributed by atoms with Gasteiger partial charge in [-0.15, -0.1) is 0 Å². The summed E-state index contributed by atoms with van der Waals surface area (Å²) in [5, 5.41) is 30.8. The summed E-state index contributed by atoms with van der Waals surface area (Å²) in [5.41, 5.74) is 0. The molecule has 0 amide bonds. The number of hydrogen-bond acceptors (Lipinski definition) is 6. The van der Waals surface area contributed by atoms with Crippen molar-refractivity contribution in [2.45, 2.75) is 25.4 Å². The number of carbonyl (C=O) groups is 4. The van der Waals surface area contributed by atoms with Crippen LogP contribution in [0.1, 0.15) is 13.3 Å². The van der Waals surface area contributed by atoms with E-state index >= 15 is 0 Å². The zero-order valence-electron chi connectivity index (χ0n) is 10.3. The third-order valence-corrected chi connectivity index (χ3v) is 2.14. The van der Waals surface area contributed by atoms with Crippen molar-refractivity contribution < 1.29 is 34.5 Å². The van der Waals surface area contributed by atoms with Crippen molar-refractivity contribution in [3.63, 3.8) is 0 Å². The molecule has 0 radical (unpaired) electrons. The van der Waals surface area contributed by atoms with Crippen LogP contribution in [0.15, 0.2) is 0 Å². The molecule has 2 atom stereocenters. The van der Waals surface area contributed by atoms with E-state index in [0.717, 1.165) is 0 Å². The Bertz CT molecular complexity index is 369. The van der Waals surface area contributed by atoms with Gasteiger partial charge in [-0.1, -0.05) is 0 Å². The van der Waals surface area contributed by atoms with Crippen molar-refractivity contribution in [3.05, 3.63) is 0 Å². The third-order valence-electron chi connectivity index (χ3n) is 2.14. The molecule has 0 aromatic rings. The monoisotopic (exact) mass is 276 g/mol. The summed E-state index contributed by atoms with van der Waals surface area (Å²) < 4.78 is 0. The summed E-state index contributed by atoms with van der Waals surface area (Å²) in [5.74, 6) is -4.25. The number of nitrogens with one attached hydrogen (secondary N) is 2. The van der Waals surface area contributed by atoms with E-state index < -0.39 is 36.4 Å². The first-order valence-electron chi connectivity index (χ1n) is 5.37. The maximum atomic E-state index is 10.8.